The highest BCUT2D eigenvalue weighted by atomic mass is 16.5. The van der Waals surface area contributed by atoms with Gasteiger partial charge in [-0.2, -0.15) is 0 Å². The van der Waals surface area contributed by atoms with Gasteiger partial charge in [0, 0.05) is 0 Å². The number of hydrogen-bond donors (Lipinski definition) is 1. The summed E-state index contributed by atoms with van der Waals surface area (Å²) < 4.78 is 4.87. The van der Waals surface area contributed by atoms with Crippen molar-refractivity contribution in [3.05, 3.63) is 12.2 Å². The molecule has 0 aliphatic heterocycles. The van der Waals surface area contributed by atoms with Crippen LogP contribution in [-0.4, -0.2) is 23.8 Å². The number of hydrogen-bond acceptors (Lipinski definition) is 2. The summed E-state index contributed by atoms with van der Waals surface area (Å²) >= 11 is 0. The Hall–Kier alpha value is -0.830. The van der Waals surface area contributed by atoms with Gasteiger partial charge >= 0.3 is 5.97 Å². The Morgan fingerprint density at radius 2 is 2.30 bits per heavy atom. The van der Waals surface area contributed by atoms with Gasteiger partial charge in [-0.3, -0.25) is 0 Å². The first-order valence-corrected chi connectivity index (χ1v) is 3.03. The minimum absolute atomic E-state index is 0.313. The molecule has 0 saturated heterocycles. The zero-order valence-corrected chi connectivity index (χ0v) is 6.26. The summed E-state index contributed by atoms with van der Waals surface area (Å²) in [7, 11) is 0. The van der Waals surface area contributed by atoms with Gasteiger partial charge in [0.15, 0.2) is 6.10 Å². The molecule has 0 rings (SSSR count). The molecule has 0 heterocycles. The van der Waals surface area contributed by atoms with E-state index in [1.54, 1.807) is 6.92 Å². The Labute approximate surface area is 60.3 Å². The van der Waals surface area contributed by atoms with Gasteiger partial charge in [0.1, 0.15) is 0 Å². The van der Waals surface area contributed by atoms with Crippen LogP contribution in [0.1, 0.15) is 13.8 Å². The highest BCUT2D eigenvalue weighted by Gasteiger charge is 2.09. The smallest absolute Gasteiger partial charge is 0.332 e. The highest BCUT2D eigenvalue weighted by molar-refractivity contribution is 5.71. The van der Waals surface area contributed by atoms with E-state index in [4.69, 9.17) is 9.84 Å². The van der Waals surface area contributed by atoms with Crippen LogP contribution in [0.5, 0.6) is 0 Å². The number of carboxylic acids is 1. The van der Waals surface area contributed by atoms with Gasteiger partial charge in [0.2, 0.25) is 0 Å². The van der Waals surface area contributed by atoms with Gasteiger partial charge in [-0.1, -0.05) is 12.2 Å². The summed E-state index contributed by atoms with van der Waals surface area (Å²) in [4.78, 5) is 10.2. The Kier molecular flexibility index (Phi) is 3.72. The Balaban J connectivity index is 3.49. The van der Waals surface area contributed by atoms with E-state index in [2.05, 4.69) is 6.58 Å². The van der Waals surface area contributed by atoms with E-state index < -0.39 is 12.1 Å². The summed E-state index contributed by atoms with van der Waals surface area (Å²) in [6, 6.07) is 0. The first kappa shape index (κ1) is 9.17. The van der Waals surface area contributed by atoms with E-state index in [1.165, 1.54) is 6.92 Å². The first-order chi connectivity index (χ1) is 4.54. The molecule has 0 spiro atoms. The van der Waals surface area contributed by atoms with E-state index in [0.717, 1.165) is 5.57 Å². The van der Waals surface area contributed by atoms with Crippen molar-refractivity contribution in [2.24, 2.45) is 0 Å². The fraction of sp³-hybridized carbons (Fsp3) is 0.571. The molecule has 10 heavy (non-hydrogen) atoms. The number of carboxylic acid groups (broad SMARTS) is 1. The van der Waals surface area contributed by atoms with Crippen molar-refractivity contribution in [1.29, 1.82) is 0 Å². The molecule has 0 aromatic rings. The maximum absolute atomic E-state index is 10.2. The zero-order valence-electron chi connectivity index (χ0n) is 6.26. The summed E-state index contributed by atoms with van der Waals surface area (Å²) in [5.41, 5.74) is 0.827. The number of rotatable bonds is 4. The second-order valence-corrected chi connectivity index (χ2v) is 2.25. The lowest BCUT2D eigenvalue weighted by Gasteiger charge is -2.06. The van der Waals surface area contributed by atoms with E-state index >= 15 is 0 Å². The summed E-state index contributed by atoms with van der Waals surface area (Å²) in [6.45, 7) is 7.16. The van der Waals surface area contributed by atoms with Crippen LogP contribution in [-0.2, 0) is 9.53 Å². The SMILES string of the molecule is C=C(C)CO[C@@H](C)C(=O)O. The zero-order chi connectivity index (χ0) is 8.15. The molecule has 1 atom stereocenters. The maximum atomic E-state index is 10.2. The molecule has 0 aliphatic rings. The molecule has 0 saturated carbocycles. The van der Waals surface area contributed by atoms with Crippen LogP contribution >= 0.6 is 0 Å². The number of carbonyl (C=O) groups is 1. The molecule has 3 heteroatoms. The van der Waals surface area contributed by atoms with Gasteiger partial charge in [0.25, 0.3) is 0 Å². The average molecular weight is 144 g/mol. The molecule has 58 valence electrons. The van der Waals surface area contributed by atoms with Gasteiger partial charge in [-0.25, -0.2) is 4.79 Å². The Morgan fingerprint density at radius 3 is 2.60 bits per heavy atom. The lowest BCUT2D eigenvalue weighted by atomic mass is 10.3. The van der Waals surface area contributed by atoms with Crippen molar-refractivity contribution in [2.75, 3.05) is 6.61 Å². The van der Waals surface area contributed by atoms with E-state index in [-0.39, 0.29) is 0 Å². The lowest BCUT2D eigenvalue weighted by molar-refractivity contribution is -0.148. The standard InChI is InChI=1S/C7H12O3/c1-5(2)4-10-6(3)7(8)9/h6H,1,4H2,2-3H3,(H,8,9)/t6-/m0/s1. The van der Waals surface area contributed by atoms with Crippen molar-refractivity contribution >= 4 is 5.97 Å². The molecule has 0 bridgehead atoms. The van der Waals surface area contributed by atoms with Crippen molar-refractivity contribution in [3.63, 3.8) is 0 Å². The Bertz CT molecular complexity index is 140. The van der Waals surface area contributed by atoms with Gasteiger partial charge < -0.3 is 9.84 Å². The molecule has 3 nitrogen and oxygen atoms in total. The largest absolute Gasteiger partial charge is 0.479 e. The number of ether oxygens (including phenoxy) is 1. The molecular formula is C7H12O3. The molecule has 0 unspecified atom stereocenters. The van der Waals surface area contributed by atoms with Crippen LogP contribution in [0.2, 0.25) is 0 Å². The monoisotopic (exact) mass is 144 g/mol. The molecule has 0 radical (unpaired) electrons. The van der Waals surface area contributed by atoms with Crippen LogP contribution in [0.3, 0.4) is 0 Å². The third-order valence-corrected chi connectivity index (χ3v) is 0.928. The van der Waals surface area contributed by atoms with E-state index in [9.17, 15) is 4.79 Å². The van der Waals surface area contributed by atoms with Crippen molar-refractivity contribution in [2.45, 2.75) is 20.0 Å². The summed E-state index contributed by atoms with van der Waals surface area (Å²) in [5, 5.41) is 8.34. The van der Waals surface area contributed by atoms with Crippen molar-refractivity contribution < 1.29 is 14.6 Å². The average Bonchev–Trinajstić information content (AvgIpc) is 1.82. The van der Waals surface area contributed by atoms with Crippen LogP contribution in [0.4, 0.5) is 0 Å². The number of aliphatic carboxylic acids is 1. The fourth-order valence-electron chi connectivity index (χ4n) is 0.339. The first-order valence-electron chi connectivity index (χ1n) is 3.03. The minimum atomic E-state index is -0.943. The molecule has 0 fully saturated rings. The third-order valence-electron chi connectivity index (χ3n) is 0.928. The van der Waals surface area contributed by atoms with Crippen LogP contribution in [0.15, 0.2) is 12.2 Å². The minimum Gasteiger partial charge on any atom is -0.479 e. The van der Waals surface area contributed by atoms with Crippen LogP contribution < -0.4 is 0 Å². The summed E-state index contributed by atoms with van der Waals surface area (Å²) in [5.74, 6) is -0.943. The second-order valence-electron chi connectivity index (χ2n) is 2.25. The Morgan fingerprint density at radius 1 is 1.80 bits per heavy atom. The van der Waals surface area contributed by atoms with Gasteiger partial charge in [-0.05, 0) is 13.8 Å². The maximum Gasteiger partial charge on any atom is 0.332 e. The fourth-order valence-corrected chi connectivity index (χ4v) is 0.339. The van der Waals surface area contributed by atoms with Gasteiger partial charge in [0.05, 0.1) is 6.61 Å². The molecular weight excluding hydrogens is 132 g/mol. The lowest BCUT2D eigenvalue weighted by Crippen LogP contribution is -2.20. The quantitative estimate of drug-likeness (QED) is 0.600. The third kappa shape index (κ3) is 4.09. The van der Waals surface area contributed by atoms with Crippen molar-refractivity contribution in [3.8, 4) is 0 Å². The normalized spacial score (nSPS) is 12.6. The predicted molar refractivity (Wildman–Crippen MR) is 37.9 cm³/mol. The molecule has 0 aromatic carbocycles. The summed E-state index contributed by atoms with van der Waals surface area (Å²) in [6.07, 6.45) is -0.739. The molecule has 1 N–H and O–H groups in total. The van der Waals surface area contributed by atoms with Crippen molar-refractivity contribution in [1.82, 2.24) is 0 Å². The predicted octanol–water partition coefficient (Wildman–Crippen LogP) is 1.05. The molecule has 0 aromatic heterocycles. The molecule has 0 aliphatic carbocycles. The molecule has 0 amide bonds. The van der Waals surface area contributed by atoms with Gasteiger partial charge in [-0.15, -0.1) is 0 Å². The highest BCUT2D eigenvalue weighted by Crippen LogP contribution is 1.94. The van der Waals surface area contributed by atoms with E-state index in [0.29, 0.717) is 6.61 Å². The second kappa shape index (κ2) is 4.06. The van der Waals surface area contributed by atoms with Crippen LogP contribution in [0, 0.1) is 0 Å². The van der Waals surface area contributed by atoms with E-state index in [1.807, 2.05) is 0 Å². The topological polar surface area (TPSA) is 46.5 Å². The van der Waals surface area contributed by atoms with Crippen LogP contribution in [0.25, 0.3) is 0 Å².